The Morgan fingerprint density at radius 3 is 2.55 bits per heavy atom. The highest BCUT2D eigenvalue weighted by Gasteiger charge is 2.23. The van der Waals surface area contributed by atoms with Crippen molar-refractivity contribution in [1.82, 2.24) is 14.2 Å². The van der Waals surface area contributed by atoms with Crippen LogP contribution in [0, 0.1) is 17.0 Å². The molecule has 9 heteroatoms. The number of para-hydroxylation sites is 1. The maximum Gasteiger partial charge on any atom is 0.282 e. The van der Waals surface area contributed by atoms with E-state index in [2.05, 4.69) is 32.6 Å². The third-order valence-electron chi connectivity index (χ3n) is 7.87. The molecule has 1 saturated carbocycles. The topological polar surface area (TPSA) is 95.3 Å². The molecular formula is C31H28BrN5O3. The molecule has 0 aliphatic heterocycles. The smallest absolute Gasteiger partial charge is 0.282 e. The predicted octanol–water partition coefficient (Wildman–Crippen LogP) is 7.31. The molecule has 0 atom stereocenters. The van der Waals surface area contributed by atoms with E-state index < -0.39 is 4.92 Å². The third-order valence-corrected chi connectivity index (χ3v) is 8.37. The molecule has 1 aliphatic rings. The summed E-state index contributed by atoms with van der Waals surface area (Å²) in [7, 11) is 0. The number of fused-ring (bicyclic) bond motifs is 2. The molecule has 8 nitrogen and oxygen atoms in total. The SMILES string of the molecule is Cc1c(C=Nn2c(C3CCCCC3)nc3ccc(Br)cc3c2=O)c2ccccc2n1Cc1ccc([N+](=O)[O-])cc1. The minimum Gasteiger partial charge on any atom is -0.340 e. The molecule has 3 aromatic carbocycles. The lowest BCUT2D eigenvalue weighted by atomic mass is 9.88. The molecule has 2 heterocycles. The van der Waals surface area contributed by atoms with Crippen LogP contribution in [-0.2, 0) is 6.54 Å². The highest BCUT2D eigenvalue weighted by atomic mass is 79.9. The van der Waals surface area contributed by atoms with Gasteiger partial charge in [0.15, 0.2) is 0 Å². The fourth-order valence-electron chi connectivity index (χ4n) is 5.75. The first kappa shape index (κ1) is 26.1. The Morgan fingerprint density at radius 2 is 1.80 bits per heavy atom. The van der Waals surface area contributed by atoms with Crippen LogP contribution in [0.1, 0.15) is 60.7 Å². The molecule has 0 bridgehead atoms. The fraction of sp³-hybridized carbons (Fsp3) is 0.258. The van der Waals surface area contributed by atoms with E-state index in [1.165, 1.54) is 23.2 Å². The zero-order valence-corrected chi connectivity index (χ0v) is 23.7. The van der Waals surface area contributed by atoms with Crippen LogP contribution in [0.3, 0.4) is 0 Å². The van der Waals surface area contributed by atoms with Gasteiger partial charge in [-0.2, -0.15) is 9.78 Å². The van der Waals surface area contributed by atoms with Gasteiger partial charge in [0.1, 0.15) is 5.82 Å². The quantitative estimate of drug-likeness (QED) is 0.116. The van der Waals surface area contributed by atoms with Crippen LogP contribution >= 0.6 is 15.9 Å². The first-order chi connectivity index (χ1) is 19.4. The maximum atomic E-state index is 13.8. The minimum atomic E-state index is -0.390. The summed E-state index contributed by atoms with van der Waals surface area (Å²) < 4.78 is 4.51. The van der Waals surface area contributed by atoms with E-state index >= 15 is 0 Å². The molecule has 0 spiro atoms. The highest BCUT2D eigenvalue weighted by molar-refractivity contribution is 9.10. The normalized spacial score (nSPS) is 14.4. The Bertz CT molecular complexity index is 1830. The molecule has 2 aromatic heterocycles. The average Bonchev–Trinajstić information content (AvgIpc) is 3.23. The number of hydrogen-bond donors (Lipinski definition) is 0. The van der Waals surface area contributed by atoms with Gasteiger partial charge in [-0.3, -0.25) is 14.9 Å². The van der Waals surface area contributed by atoms with Crippen LogP contribution in [0.5, 0.6) is 0 Å². The van der Waals surface area contributed by atoms with Crippen LogP contribution in [0.2, 0.25) is 0 Å². The van der Waals surface area contributed by atoms with Crippen LogP contribution in [-0.4, -0.2) is 25.4 Å². The van der Waals surface area contributed by atoms with E-state index in [-0.39, 0.29) is 17.2 Å². The Balaban J connectivity index is 1.46. The zero-order chi connectivity index (χ0) is 27.8. The van der Waals surface area contributed by atoms with E-state index in [0.717, 1.165) is 63.7 Å². The maximum absolute atomic E-state index is 13.8. The number of nitrogens with zero attached hydrogens (tertiary/aromatic N) is 5. The number of rotatable bonds is 6. The van der Waals surface area contributed by atoms with Crippen LogP contribution in [0.15, 0.2) is 81.1 Å². The second-order valence-corrected chi connectivity index (χ2v) is 11.3. The molecule has 0 radical (unpaired) electrons. The number of hydrogen-bond acceptors (Lipinski definition) is 5. The molecule has 0 amide bonds. The number of nitro groups is 1. The lowest BCUT2D eigenvalue weighted by Crippen LogP contribution is -2.25. The van der Waals surface area contributed by atoms with Crippen molar-refractivity contribution in [2.45, 2.75) is 51.5 Å². The van der Waals surface area contributed by atoms with Crippen molar-refractivity contribution >= 4 is 49.6 Å². The summed E-state index contributed by atoms with van der Waals surface area (Å²) in [5.41, 5.74) is 4.49. The summed E-state index contributed by atoms with van der Waals surface area (Å²) in [6.45, 7) is 2.59. The Kier molecular flexibility index (Phi) is 7.06. The zero-order valence-electron chi connectivity index (χ0n) is 22.1. The van der Waals surface area contributed by atoms with Gasteiger partial charge in [0.25, 0.3) is 11.2 Å². The van der Waals surface area contributed by atoms with E-state index in [1.54, 1.807) is 18.3 Å². The van der Waals surface area contributed by atoms with Gasteiger partial charge in [0, 0.05) is 51.2 Å². The van der Waals surface area contributed by atoms with Gasteiger partial charge in [0.2, 0.25) is 0 Å². The molecule has 202 valence electrons. The van der Waals surface area contributed by atoms with Crippen molar-refractivity contribution in [3.63, 3.8) is 0 Å². The number of halogens is 1. The highest BCUT2D eigenvalue weighted by Crippen LogP contribution is 2.32. The average molecular weight is 599 g/mol. The van der Waals surface area contributed by atoms with Crippen molar-refractivity contribution in [2.24, 2.45) is 5.10 Å². The van der Waals surface area contributed by atoms with Gasteiger partial charge in [-0.1, -0.05) is 65.5 Å². The molecule has 40 heavy (non-hydrogen) atoms. The molecule has 6 rings (SSSR count). The Hall–Kier alpha value is -4.11. The number of nitro benzene ring substituents is 1. The van der Waals surface area contributed by atoms with E-state index in [0.29, 0.717) is 17.4 Å². The van der Waals surface area contributed by atoms with Gasteiger partial charge in [-0.15, -0.1) is 0 Å². The predicted molar refractivity (Wildman–Crippen MR) is 161 cm³/mol. The lowest BCUT2D eigenvalue weighted by molar-refractivity contribution is -0.384. The molecule has 0 saturated heterocycles. The first-order valence-electron chi connectivity index (χ1n) is 13.5. The second-order valence-electron chi connectivity index (χ2n) is 10.4. The standard InChI is InChI=1S/C31H28BrN5O3/c1-20-27(25-9-5-6-10-29(25)35(20)19-21-11-14-24(15-12-21)37(39)40)18-33-36-30(22-7-3-2-4-8-22)34-28-16-13-23(32)17-26(28)31(36)38/h5-6,9-18,22H,2-4,7-8,19H2,1H3. The molecule has 5 aromatic rings. The summed E-state index contributed by atoms with van der Waals surface area (Å²) in [6, 6.07) is 20.3. The van der Waals surface area contributed by atoms with Crippen molar-refractivity contribution in [1.29, 1.82) is 0 Å². The second kappa shape index (κ2) is 10.8. The lowest BCUT2D eigenvalue weighted by Gasteiger charge is -2.22. The monoisotopic (exact) mass is 597 g/mol. The number of non-ortho nitro benzene ring substituents is 1. The third kappa shape index (κ3) is 4.86. The summed E-state index contributed by atoms with van der Waals surface area (Å²) in [4.78, 5) is 29.4. The van der Waals surface area contributed by atoms with Crippen molar-refractivity contribution in [3.8, 4) is 0 Å². The Morgan fingerprint density at radius 1 is 1.05 bits per heavy atom. The number of benzene rings is 3. The van der Waals surface area contributed by atoms with Gasteiger partial charge in [-0.25, -0.2) is 4.98 Å². The molecular weight excluding hydrogens is 570 g/mol. The summed E-state index contributed by atoms with van der Waals surface area (Å²) >= 11 is 3.49. The van der Waals surface area contributed by atoms with Gasteiger partial charge >= 0.3 is 0 Å². The van der Waals surface area contributed by atoms with E-state index in [1.807, 2.05) is 37.3 Å². The minimum absolute atomic E-state index is 0.0703. The van der Waals surface area contributed by atoms with E-state index in [9.17, 15) is 14.9 Å². The summed E-state index contributed by atoms with van der Waals surface area (Å²) in [5, 5.41) is 17.4. The van der Waals surface area contributed by atoms with Gasteiger partial charge < -0.3 is 4.57 Å². The molecule has 1 fully saturated rings. The number of aromatic nitrogens is 3. The Labute approximate surface area is 239 Å². The van der Waals surface area contributed by atoms with Crippen molar-refractivity contribution < 1.29 is 4.92 Å². The molecule has 0 N–H and O–H groups in total. The summed E-state index contributed by atoms with van der Waals surface area (Å²) in [5.74, 6) is 0.916. The van der Waals surface area contributed by atoms with Crippen LogP contribution in [0.4, 0.5) is 5.69 Å². The van der Waals surface area contributed by atoms with Gasteiger partial charge in [-0.05, 0) is 49.6 Å². The largest absolute Gasteiger partial charge is 0.340 e. The fourth-order valence-corrected chi connectivity index (χ4v) is 6.11. The molecule has 1 aliphatic carbocycles. The van der Waals surface area contributed by atoms with Crippen LogP contribution < -0.4 is 5.56 Å². The van der Waals surface area contributed by atoms with E-state index in [4.69, 9.17) is 10.1 Å². The molecule has 0 unspecified atom stereocenters. The summed E-state index contributed by atoms with van der Waals surface area (Å²) in [6.07, 6.45) is 7.23. The van der Waals surface area contributed by atoms with Crippen molar-refractivity contribution in [3.05, 3.63) is 114 Å². The first-order valence-corrected chi connectivity index (χ1v) is 14.3. The van der Waals surface area contributed by atoms with Crippen molar-refractivity contribution in [2.75, 3.05) is 0 Å². The van der Waals surface area contributed by atoms with Crippen LogP contribution in [0.25, 0.3) is 21.8 Å². The van der Waals surface area contributed by atoms with Gasteiger partial charge in [0.05, 0.1) is 22.0 Å².